The van der Waals surface area contributed by atoms with Crippen LogP contribution in [0.1, 0.15) is 11.3 Å². The Labute approximate surface area is 148 Å². The molecule has 25 heavy (non-hydrogen) atoms. The Bertz CT molecular complexity index is 912. The maximum Gasteiger partial charge on any atom is 0.120 e. The van der Waals surface area contributed by atoms with Crippen molar-refractivity contribution in [1.29, 1.82) is 5.26 Å². The van der Waals surface area contributed by atoms with Crippen molar-refractivity contribution in [2.45, 2.75) is 6.54 Å². The molecule has 2 aromatic carbocycles. The molecule has 0 bridgehead atoms. The summed E-state index contributed by atoms with van der Waals surface area (Å²) < 4.78 is 2.20. The summed E-state index contributed by atoms with van der Waals surface area (Å²) in [6, 6.07) is 21.3. The summed E-state index contributed by atoms with van der Waals surface area (Å²) in [6.45, 7) is 5.23. The van der Waals surface area contributed by atoms with Crippen LogP contribution in [-0.4, -0.2) is 30.7 Å². The van der Waals surface area contributed by atoms with E-state index in [0.29, 0.717) is 0 Å². The van der Waals surface area contributed by atoms with E-state index in [1.807, 2.05) is 12.1 Å². The fourth-order valence-corrected chi connectivity index (χ4v) is 3.91. The molecule has 0 unspecified atom stereocenters. The molecular weight excluding hydrogens is 308 g/mol. The molecule has 0 radical (unpaired) electrons. The Hall–Kier alpha value is -2.77. The number of hydrogen-bond donors (Lipinski definition) is 1. The van der Waals surface area contributed by atoms with E-state index in [-0.39, 0.29) is 0 Å². The summed E-state index contributed by atoms with van der Waals surface area (Å²) >= 11 is 0. The molecule has 0 atom stereocenters. The van der Waals surface area contributed by atoms with E-state index in [4.69, 9.17) is 0 Å². The SMILES string of the molecule is Cn1c(C[NH+]2CCN(c3ccccc3)CC2)c(C#N)c2ccccc21. The van der Waals surface area contributed by atoms with E-state index in [2.05, 4.69) is 65.0 Å². The number of piperazine rings is 1. The van der Waals surface area contributed by atoms with Crippen LogP contribution < -0.4 is 9.80 Å². The highest BCUT2D eigenvalue weighted by Gasteiger charge is 2.24. The molecule has 3 aromatic rings. The molecule has 1 fully saturated rings. The van der Waals surface area contributed by atoms with Crippen LogP contribution in [0.2, 0.25) is 0 Å². The molecule has 4 heteroatoms. The van der Waals surface area contributed by atoms with Crippen molar-refractivity contribution in [3.8, 4) is 6.07 Å². The minimum absolute atomic E-state index is 0.844. The van der Waals surface area contributed by atoms with Crippen molar-refractivity contribution in [3.05, 3.63) is 65.9 Å². The van der Waals surface area contributed by atoms with Crippen LogP contribution >= 0.6 is 0 Å². The lowest BCUT2D eigenvalue weighted by molar-refractivity contribution is -0.914. The predicted octanol–water partition coefficient (Wildman–Crippen LogP) is 1.96. The van der Waals surface area contributed by atoms with Crippen molar-refractivity contribution in [3.63, 3.8) is 0 Å². The molecule has 1 saturated heterocycles. The van der Waals surface area contributed by atoms with Gasteiger partial charge in [-0.3, -0.25) is 0 Å². The summed E-state index contributed by atoms with van der Waals surface area (Å²) in [6.07, 6.45) is 0. The lowest BCUT2D eigenvalue weighted by Gasteiger charge is -2.33. The molecule has 1 aromatic heterocycles. The molecule has 4 rings (SSSR count). The van der Waals surface area contributed by atoms with E-state index in [9.17, 15) is 5.26 Å². The fourth-order valence-electron chi connectivity index (χ4n) is 3.91. The second kappa shape index (κ2) is 6.62. The predicted molar refractivity (Wildman–Crippen MR) is 101 cm³/mol. The molecule has 1 aliphatic heterocycles. The van der Waals surface area contributed by atoms with Gasteiger partial charge < -0.3 is 14.4 Å². The molecule has 126 valence electrons. The van der Waals surface area contributed by atoms with Gasteiger partial charge in [-0.05, 0) is 18.2 Å². The van der Waals surface area contributed by atoms with Gasteiger partial charge in [0.1, 0.15) is 12.6 Å². The van der Waals surface area contributed by atoms with Crippen molar-refractivity contribution in [2.75, 3.05) is 31.1 Å². The monoisotopic (exact) mass is 331 g/mol. The van der Waals surface area contributed by atoms with Gasteiger partial charge in [-0.25, -0.2) is 0 Å². The van der Waals surface area contributed by atoms with Gasteiger partial charge in [0, 0.05) is 23.6 Å². The van der Waals surface area contributed by atoms with E-state index in [1.165, 1.54) is 5.69 Å². The number of anilines is 1. The lowest BCUT2D eigenvalue weighted by Crippen LogP contribution is -3.13. The first-order valence-electron chi connectivity index (χ1n) is 8.88. The Kier molecular flexibility index (Phi) is 4.17. The number of nitrogens with zero attached hydrogens (tertiary/aromatic N) is 3. The van der Waals surface area contributed by atoms with Crippen LogP contribution in [-0.2, 0) is 13.6 Å². The molecule has 2 heterocycles. The summed E-state index contributed by atoms with van der Waals surface area (Å²) in [5, 5.41) is 10.7. The number of para-hydroxylation sites is 2. The number of fused-ring (bicyclic) bond motifs is 1. The van der Waals surface area contributed by atoms with Gasteiger partial charge in [0.2, 0.25) is 0 Å². The first-order chi connectivity index (χ1) is 12.3. The number of nitriles is 1. The smallest absolute Gasteiger partial charge is 0.120 e. The highest BCUT2D eigenvalue weighted by atomic mass is 15.3. The molecule has 0 spiro atoms. The largest absolute Gasteiger partial charge is 0.360 e. The summed E-state index contributed by atoms with van der Waals surface area (Å²) in [7, 11) is 2.08. The third kappa shape index (κ3) is 2.88. The van der Waals surface area contributed by atoms with Gasteiger partial charge >= 0.3 is 0 Å². The number of hydrogen-bond acceptors (Lipinski definition) is 2. The lowest BCUT2D eigenvalue weighted by atomic mass is 10.1. The maximum atomic E-state index is 9.67. The minimum Gasteiger partial charge on any atom is -0.360 e. The third-order valence-electron chi connectivity index (χ3n) is 5.35. The molecular formula is C21H23N4+. The Balaban J connectivity index is 1.52. The van der Waals surface area contributed by atoms with E-state index in [0.717, 1.165) is 54.9 Å². The zero-order valence-corrected chi connectivity index (χ0v) is 14.6. The highest BCUT2D eigenvalue weighted by molar-refractivity contribution is 5.87. The zero-order chi connectivity index (χ0) is 17.2. The first kappa shape index (κ1) is 15.7. The zero-order valence-electron chi connectivity index (χ0n) is 14.6. The second-order valence-electron chi connectivity index (χ2n) is 6.76. The normalized spacial score (nSPS) is 15.4. The Morgan fingerprint density at radius 3 is 2.40 bits per heavy atom. The topological polar surface area (TPSA) is 36.4 Å². The Morgan fingerprint density at radius 1 is 1.00 bits per heavy atom. The van der Waals surface area contributed by atoms with Crippen molar-refractivity contribution in [1.82, 2.24) is 4.57 Å². The van der Waals surface area contributed by atoms with Gasteiger partial charge in [-0.1, -0.05) is 36.4 Å². The summed E-state index contributed by atoms with van der Waals surface area (Å²) in [4.78, 5) is 4.01. The average Bonchev–Trinajstić information content (AvgIpc) is 2.95. The van der Waals surface area contributed by atoms with Crippen LogP contribution in [0.5, 0.6) is 0 Å². The van der Waals surface area contributed by atoms with Gasteiger partial charge in [0.15, 0.2) is 0 Å². The van der Waals surface area contributed by atoms with Gasteiger partial charge in [0.25, 0.3) is 0 Å². The minimum atomic E-state index is 0.844. The fraction of sp³-hybridized carbons (Fsp3) is 0.286. The third-order valence-corrected chi connectivity index (χ3v) is 5.35. The number of benzene rings is 2. The number of nitrogens with one attached hydrogen (secondary N) is 1. The highest BCUT2D eigenvalue weighted by Crippen LogP contribution is 2.24. The van der Waals surface area contributed by atoms with E-state index >= 15 is 0 Å². The standard InChI is InChI=1S/C21H22N4/c1-23-20-10-6-5-9-18(20)19(15-22)21(23)16-24-11-13-25(14-12-24)17-7-3-2-4-8-17/h2-10H,11-14,16H2,1H3/p+1. The molecule has 1 aliphatic rings. The quantitative estimate of drug-likeness (QED) is 0.796. The van der Waals surface area contributed by atoms with Crippen LogP contribution in [0.15, 0.2) is 54.6 Å². The number of rotatable bonds is 3. The van der Waals surface area contributed by atoms with Crippen molar-refractivity contribution < 1.29 is 4.90 Å². The maximum absolute atomic E-state index is 9.67. The van der Waals surface area contributed by atoms with Crippen LogP contribution in [0.3, 0.4) is 0 Å². The molecule has 0 aliphatic carbocycles. The van der Waals surface area contributed by atoms with Crippen LogP contribution in [0, 0.1) is 11.3 Å². The molecule has 0 amide bonds. The number of aromatic nitrogens is 1. The number of quaternary nitrogens is 1. The van der Waals surface area contributed by atoms with Crippen molar-refractivity contribution in [2.24, 2.45) is 7.05 Å². The first-order valence-corrected chi connectivity index (χ1v) is 8.88. The van der Waals surface area contributed by atoms with Crippen LogP contribution in [0.25, 0.3) is 10.9 Å². The molecule has 1 N–H and O–H groups in total. The van der Waals surface area contributed by atoms with Crippen LogP contribution in [0.4, 0.5) is 5.69 Å². The van der Waals surface area contributed by atoms with Gasteiger partial charge in [0.05, 0.1) is 37.4 Å². The van der Waals surface area contributed by atoms with Gasteiger partial charge in [-0.2, -0.15) is 5.26 Å². The number of aryl methyl sites for hydroxylation is 1. The van der Waals surface area contributed by atoms with E-state index < -0.39 is 0 Å². The Morgan fingerprint density at radius 2 is 1.68 bits per heavy atom. The van der Waals surface area contributed by atoms with E-state index in [1.54, 1.807) is 4.90 Å². The molecule has 0 saturated carbocycles. The summed E-state index contributed by atoms with van der Waals surface area (Å²) in [5.41, 5.74) is 4.46. The summed E-state index contributed by atoms with van der Waals surface area (Å²) in [5.74, 6) is 0. The average molecular weight is 331 g/mol. The molecule has 4 nitrogen and oxygen atoms in total. The van der Waals surface area contributed by atoms with Crippen molar-refractivity contribution >= 4 is 16.6 Å². The van der Waals surface area contributed by atoms with Gasteiger partial charge in [-0.15, -0.1) is 0 Å². The second-order valence-corrected chi connectivity index (χ2v) is 6.76.